The van der Waals surface area contributed by atoms with Crippen LogP contribution in [0.3, 0.4) is 0 Å². The summed E-state index contributed by atoms with van der Waals surface area (Å²) in [6, 6.07) is 15.5. The highest BCUT2D eigenvalue weighted by molar-refractivity contribution is 5.80. The van der Waals surface area contributed by atoms with Crippen molar-refractivity contribution in [1.29, 1.82) is 0 Å². The molecule has 4 aromatic rings. The highest BCUT2D eigenvalue weighted by Crippen LogP contribution is 2.34. The number of nitro benzene ring substituents is 1. The van der Waals surface area contributed by atoms with Gasteiger partial charge in [-0.05, 0) is 30.3 Å². The predicted molar refractivity (Wildman–Crippen MR) is 105 cm³/mol. The maximum atomic E-state index is 10.9. The number of fused-ring (bicyclic) bond motifs is 1. The van der Waals surface area contributed by atoms with E-state index in [2.05, 4.69) is 20.5 Å². The van der Waals surface area contributed by atoms with Crippen LogP contribution in [0.5, 0.6) is 5.75 Å². The number of aromatic amines is 1. The largest absolute Gasteiger partial charge is 0.496 e. The van der Waals surface area contributed by atoms with Gasteiger partial charge in [-0.2, -0.15) is 5.10 Å². The molecule has 9 nitrogen and oxygen atoms in total. The number of furan rings is 1. The van der Waals surface area contributed by atoms with Crippen molar-refractivity contribution in [3.05, 3.63) is 70.5 Å². The van der Waals surface area contributed by atoms with Crippen molar-refractivity contribution in [2.45, 2.75) is 0 Å². The monoisotopic (exact) mass is 377 g/mol. The molecule has 2 aromatic carbocycles. The number of rotatable bonds is 6. The fraction of sp³-hybridized carbons (Fsp3) is 0.0526. The summed E-state index contributed by atoms with van der Waals surface area (Å²) in [5.74, 6) is 1.88. The molecule has 28 heavy (non-hydrogen) atoms. The van der Waals surface area contributed by atoms with E-state index in [1.165, 1.54) is 25.5 Å². The van der Waals surface area contributed by atoms with Gasteiger partial charge in [-0.3, -0.25) is 10.1 Å². The summed E-state index contributed by atoms with van der Waals surface area (Å²) >= 11 is 0. The van der Waals surface area contributed by atoms with E-state index in [1.807, 2.05) is 24.3 Å². The minimum atomic E-state index is -0.476. The van der Waals surface area contributed by atoms with Gasteiger partial charge < -0.3 is 14.1 Å². The van der Waals surface area contributed by atoms with Crippen molar-refractivity contribution in [1.82, 2.24) is 9.97 Å². The lowest BCUT2D eigenvalue weighted by atomic mass is 10.1. The maximum Gasteiger partial charge on any atom is 0.273 e. The zero-order valence-corrected chi connectivity index (χ0v) is 14.7. The Morgan fingerprint density at radius 1 is 1.25 bits per heavy atom. The molecule has 2 N–H and O–H groups in total. The first-order valence-corrected chi connectivity index (χ1v) is 8.30. The molecule has 0 saturated carbocycles. The van der Waals surface area contributed by atoms with Gasteiger partial charge >= 0.3 is 0 Å². The molecule has 0 amide bonds. The first-order chi connectivity index (χ1) is 13.6. The predicted octanol–water partition coefficient (Wildman–Crippen LogP) is 4.19. The molecule has 0 saturated heterocycles. The Hall–Kier alpha value is -4.14. The maximum absolute atomic E-state index is 10.9. The first kappa shape index (κ1) is 17.3. The minimum absolute atomic E-state index is 0.0519. The molecule has 2 heterocycles. The van der Waals surface area contributed by atoms with Crippen LogP contribution in [0.4, 0.5) is 11.6 Å². The first-order valence-electron chi connectivity index (χ1n) is 8.30. The molecule has 0 fully saturated rings. The van der Waals surface area contributed by atoms with Gasteiger partial charge in [0.25, 0.3) is 5.69 Å². The fourth-order valence-electron chi connectivity index (χ4n) is 2.73. The number of imidazole rings is 1. The summed E-state index contributed by atoms with van der Waals surface area (Å²) in [5, 5.41) is 15.0. The zero-order valence-electron chi connectivity index (χ0n) is 14.7. The van der Waals surface area contributed by atoms with Crippen LogP contribution in [0.15, 0.2) is 64.1 Å². The van der Waals surface area contributed by atoms with Crippen LogP contribution >= 0.6 is 0 Å². The molecule has 2 aromatic heterocycles. The van der Waals surface area contributed by atoms with E-state index in [9.17, 15) is 10.1 Å². The van der Waals surface area contributed by atoms with Crippen molar-refractivity contribution in [3.63, 3.8) is 0 Å². The van der Waals surface area contributed by atoms with Gasteiger partial charge in [0.05, 0.1) is 40.9 Å². The van der Waals surface area contributed by atoms with Crippen molar-refractivity contribution in [3.8, 4) is 17.1 Å². The topological polar surface area (TPSA) is 119 Å². The average Bonchev–Trinajstić information content (AvgIpc) is 3.34. The number of ether oxygens (including phenoxy) is 1. The Bertz CT molecular complexity index is 1150. The quantitative estimate of drug-likeness (QED) is 0.295. The number of non-ortho nitro benzene ring substituents is 1. The van der Waals surface area contributed by atoms with Crippen LogP contribution in [-0.2, 0) is 0 Å². The number of hydrogen-bond acceptors (Lipinski definition) is 7. The van der Waals surface area contributed by atoms with E-state index in [0.717, 1.165) is 11.0 Å². The van der Waals surface area contributed by atoms with E-state index in [4.69, 9.17) is 9.15 Å². The normalized spacial score (nSPS) is 11.2. The second kappa shape index (κ2) is 7.23. The van der Waals surface area contributed by atoms with Gasteiger partial charge in [0, 0.05) is 6.07 Å². The van der Waals surface area contributed by atoms with Crippen LogP contribution in [0.25, 0.3) is 22.4 Å². The van der Waals surface area contributed by atoms with Crippen LogP contribution in [0.1, 0.15) is 5.76 Å². The van der Waals surface area contributed by atoms with E-state index in [1.54, 1.807) is 18.2 Å². The standard InChI is InChI=1S/C19H15N5O4/c1-27-18-10-12(24(25)26)6-8-14(18)17-9-7-13(28-17)11-20-23-19-21-15-4-2-3-5-16(15)22-19/h2-11H,1H3,(H2,21,22,23)/b20-11-. The number of hydrogen-bond donors (Lipinski definition) is 2. The molecular formula is C19H15N5O4. The van der Waals surface area contributed by atoms with E-state index < -0.39 is 4.92 Å². The van der Waals surface area contributed by atoms with Gasteiger partial charge in [-0.25, -0.2) is 10.4 Å². The van der Waals surface area contributed by atoms with Gasteiger partial charge in [0.15, 0.2) is 0 Å². The van der Waals surface area contributed by atoms with E-state index >= 15 is 0 Å². The lowest BCUT2D eigenvalue weighted by Gasteiger charge is -2.05. The Balaban J connectivity index is 1.51. The number of H-pyrrole nitrogens is 1. The van der Waals surface area contributed by atoms with Gasteiger partial charge in [0.2, 0.25) is 5.95 Å². The molecule has 0 aliphatic rings. The van der Waals surface area contributed by atoms with Crippen molar-refractivity contribution in [2.75, 3.05) is 12.5 Å². The number of nitrogens with one attached hydrogen (secondary N) is 2. The van der Waals surface area contributed by atoms with Gasteiger partial charge in [-0.15, -0.1) is 0 Å². The molecule has 0 radical (unpaired) electrons. The average molecular weight is 377 g/mol. The molecule has 0 aliphatic carbocycles. The summed E-state index contributed by atoms with van der Waals surface area (Å²) in [5.41, 5.74) is 5.12. The molecule has 0 aliphatic heterocycles. The summed E-state index contributed by atoms with van der Waals surface area (Å²) in [4.78, 5) is 17.9. The van der Waals surface area contributed by atoms with E-state index in [0.29, 0.717) is 28.8 Å². The van der Waals surface area contributed by atoms with Crippen molar-refractivity contribution >= 4 is 28.9 Å². The molecule has 4 rings (SSSR count). The Morgan fingerprint density at radius 3 is 2.89 bits per heavy atom. The molecular weight excluding hydrogens is 362 g/mol. The second-order valence-electron chi connectivity index (χ2n) is 5.82. The molecule has 0 spiro atoms. The van der Waals surface area contributed by atoms with Gasteiger partial charge in [0.1, 0.15) is 17.3 Å². The number of anilines is 1. The third-order valence-corrected chi connectivity index (χ3v) is 4.04. The summed E-state index contributed by atoms with van der Waals surface area (Å²) in [6.07, 6.45) is 1.51. The summed E-state index contributed by atoms with van der Waals surface area (Å²) in [6.45, 7) is 0. The highest BCUT2D eigenvalue weighted by atomic mass is 16.6. The van der Waals surface area contributed by atoms with Crippen LogP contribution in [0, 0.1) is 10.1 Å². The Kier molecular flexibility index (Phi) is 4.47. The lowest BCUT2D eigenvalue weighted by Crippen LogP contribution is -1.92. The zero-order chi connectivity index (χ0) is 19.5. The highest BCUT2D eigenvalue weighted by Gasteiger charge is 2.15. The Morgan fingerprint density at radius 2 is 2.11 bits per heavy atom. The third-order valence-electron chi connectivity index (χ3n) is 4.04. The summed E-state index contributed by atoms with van der Waals surface area (Å²) in [7, 11) is 1.45. The molecule has 0 atom stereocenters. The number of para-hydroxylation sites is 2. The second-order valence-corrected chi connectivity index (χ2v) is 5.82. The van der Waals surface area contributed by atoms with Crippen molar-refractivity contribution < 1.29 is 14.1 Å². The van der Waals surface area contributed by atoms with Gasteiger partial charge in [-0.1, -0.05) is 12.1 Å². The lowest BCUT2D eigenvalue weighted by molar-refractivity contribution is -0.384. The smallest absolute Gasteiger partial charge is 0.273 e. The number of methoxy groups -OCH3 is 1. The van der Waals surface area contributed by atoms with E-state index in [-0.39, 0.29) is 5.69 Å². The SMILES string of the molecule is COc1cc([N+](=O)[O-])ccc1-c1ccc(/C=N\Nc2nc3ccccc3[nH]2)o1. The molecule has 0 unspecified atom stereocenters. The number of benzene rings is 2. The molecule has 0 bridgehead atoms. The third kappa shape index (κ3) is 3.40. The van der Waals surface area contributed by atoms with Crippen LogP contribution < -0.4 is 10.2 Å². The molecule has 9 heteroatoms. The number of nitrogens with zero attached hydrogens (tertiary/aromatic N) is 3. The molecule has 140 valence electrons. The number of hydrazone groups is 1. The fourth-order valence-corrected chi connectivity index (χ4v) is 2.73. The Labute approximate surface area is 158 Å². The number of aromatic nitrogens is 2. The number of nitro groups is 1. The minimum Gasteiger partial charge on any atom is -0.496 e. The van der Waals surface area contributed by atoms with Crippen LogP contribution in [-0.4, -0.2) is 28.2 Å². The van der Waals surface area contributed by atoms with Crippen molar-refractivity contribution in [2.24, 2.45) is 5.10 Å². The summed E-state index contributed by atoms with van der Waals surface area (Å²) < 4.78 is 11.0. The van der Waals surface area contributed by atoms with Crippen LogP contribution in [0.2, 0.25) is 0 Å².